The lowest BCUT2D eigenvalue weighted by atomic mass is 9.99. The van der Waals surface area contributed by atoms with Crippen LogP contribution in [0.25, 0.3) is 0 Å². The van der Waals surface area contributed by atoms with E-state index in [0.717, 1.165) is 38.4 Å². The first-order valence-electron chi connectivity index (χ1n) is 6.60. The quantitative estimate of drug-likeness (QED) is 0.515. The van der Waals surface area contributed by atoms with Crippen molar-refractivity contribution in [2.24, 2.45) is 5.92 Å². The fourth-order valence-corrected chi connectivity index (χ4v) is 1.94. The van der Waals surface area contributed by atoms with Crippen molar-refractivity contribution in [3.63, 3.8) is 0 Å². The van der Waals surface area contributed by atoms with Gasteiger partial charge in [-0.3, -0.25) is 4.79 Å². The van der Waals surface area contributed by atoms with Crippen molar-refractivity contribution in [3.8, 4) is 0 Å². The van der Waals surface area contributed by atoms with Gasteiger partial charge in [0.15, 0.2) is 0 Å². The number of ether oxygens (including phenoxy) is 1. The maximum atomic E-state index is 11.4. The predicted octanol–water partition coefficient (Wildman–Crippen LogP) is 2.45. The van der Waals surface area contributed by atoms with Crippen molar-refractivity contribution >= 4 is 5.97 Å². The number of esters is 1. The summed E-state index contributed by atoms with van der Waals surface area (Å²) in [7, 11) is 0. The van der Waals surface area contributed by atoms with Crippen LogP contribution < -0.4 is 0 Å². The van der Waals surface area contributed by atoms with E-state index < -0.39 is 0 Å². The molecule has 0 atom stereocenters. The number of piperidine rings is 1. The van der Waals surface area contributed by atoms with Gasteiger partial charge in [0.2, 0.25) is 0 Å². The van der Waals surface area contributed by atoms with Crippen LogP contribution in [0.5, 0.6) is 0 Å². The first-order valence-corrected chi connectivity index (χ1v) is 6.60. The highest BCUT2D eigenvalue weighted by molar-refractivity contribution is 5.69. The molecule has 1 heterocycles. The Hall–Kier alpha value is -0.570. The predicted molar refractivity (Wildman–Crippen MR) is 65.3 cm³/mol. The summed E-state index contributed by atoms with van der Waals surface area (Å²) in [6.45, 7) is 8.15. The molecule has 0 spiro atoms. The molecule has 16 heavy (non-hydrogen) atoms. The molecule has 0 bridgehead atoms. The van der Waals surface area contributed by atoms with Crippen molar-refractivity contribution in [3.05, 3.63) is 0 Å². The third kappa shape index (κ3) is 5.50. The van der Waals surface area contributed by atoms with Gasteiger partial charge in [-0.05, 0) is 38.3 Å². The molecule has 0 N–H and O–H groups in total. The number of hydrogen-bond acceptors (Lipinski definition) is 3. The number of nitrogens with zero attached hydrogens (tertiary/aromatic N) is 1. The fourth-order valence-electron chi connectivity index (χ4n) is 1.94. The lowest BCUT2D eigenvalue weighted by Crippen LogP contribution is -2.34. The van der Waals surface area contributed by atoms with Gasteiger partial charge >= 0.3 is 5.97 Å². The van der Waals surface area contributed by atoms with Crippen molar-refractivity contribution in [2.45, 2.75) is 46.0 Å². The van der Waals surface area contributed by atoms with Crippen molar-refractivity contribution in [2.75, 3.05) is 26.2 Å². The van der Waals surface area contributed by atoms with E-state index >= 15 is 0 Å². The molecule has 0 aliphatic carbocycles. The lowest BCUT2D eigenvalue weighted by molar-refractivity contribution is -0.144. The van der Waals surface area contributed by atoms with E-state index in [9.17, 15) is 4.79 Å². The molecule has 1 aliphatic heterocycles. The average molecular weight is 227 g/mol. The summed E-state index contributed by atoms with van der Waals surface area (Å²) < 4.78 is 5.13. The van der Waals surface area contributed by atoms with Crippen LogP contribution in [-0.4, -0.2) is 37.1 Å². The topological polar surface area (TPSA) is 29.5 Å². The first kappa shape index (κ1) is 13.5. The number of unbranched alkanes of at least 4 members (excludes halogenated alkanes) is 1. The Morgan fingerprint density at radius 3 is 2.69 bits per heavy atom. The minimum absolute atomic E-state index is 0.0351. The summed E-state index contributed by atoms with van der Waals surface area (Å²) in [4.78, 5) is 13.8. The second-order valence-electron chi connectivity index (χ2n) is 4.85. The molecule has 1 aliphatic rings. The van der Waals surface area contributed by atoms with Gasteiger partial charge in [0, 0.05) is 6.54 Å². The standard InChI is InChI=1S/C13H25NO2/c1-3-4-11-16-13(15)7-10-14-8-5-12(2)6-9-14/h12H,3-11H2,1-2H3. The van der Waals surface area contributed by atoms with Gasteiger partial charge in [-0.25, -0.2) is 0 Å². The van der Waals surface area contributed by atoms with Gasteiger partial charge in [0.25, 0.3) is 0 Å². The van der Waals surface area contributed by atoms with Crippen molar-refractivity contribution in [1.29, 1.82) is 0 Å². The van der Waals surface area contributed by atoms with Gasteiger partial charge in [-0.15, -0.1) is 0 Å². The number of carbonyl (C=O) groups excluding carboxylic acids is 1. The summed E-state index contributed by atoms with van der Waals surface area (Å²) in [5, 5.41) is 0. The summed E-state index contributed by atoms with van der Waals surface area (Å²) in [6.07, 6.45) is 5.15. The van der Waals surface area contributed by atoms with Gasteiger partial charge in [-0.2, -0.15) is 0 Å². The zero-order valence-electron chi connectivity index (χ0n) is 10.7. The molecule has 0 aromatic rings. The Morgan fingerprint density at radius 2 is 2.06 bits per heavy atom. The number of likely N-dealkylation sites (tertiary alicyclic amines) is 1. The van der Waals surface area contributed by atoms with Crippen molar-refractivity contribution in [1.82, 2.24) is 4.90 Å². The van der Waals surface area contributed by atoms with Crippen LogP contribution in [0.2, 0.25) is 0 Å². The summed E-state index contributed by atoms with van der Waals surface area (Å²) >= 11 is 0. The molecule has 1 fully saturated rings. The fraction of sp³-hybridized carbons (Fsp3) is 0.923. The maximum absolute atomic E-state index is 11.4. The summed E-state index contributed by atoms with van der Waals surface area (Å²) in [5.41, 5.74) is 0. The van der Waals surface area contributed by atoms with Gasteiger partial charge < -0.3 is 9.64 Å². The molecule has 3 heteroatoms. The Bertz CT molecular complexity index is 198. The third-order valence-electron chi connectivity index (χ3n) is 3.27. The molecule has 0 aromatic heterocycles. The van der Waals surface area contributed by atoms with E-state index in [0.29, 0.717) is 13.0 Å². The molecule has 0 saturated carbocycles. The molecule has 0 amide bonds. The van der Waals surface area contributed by atoms with E-state index in [4.69, 9.17) is 4.74 Å². The van der Waals surface area contributed by atoms with Gasteiger partial charge in [0.1, 0.15) is 0 Å². The zero-order valence-corrected chi connectivity index (χ0v) is 10.7. The second kappa shape index (κ2) is 7.66. The van der Waals surface area contributed by atoms with Crippen LogP contribution in [0.1, 0.15) is 46.0 Å². The smallest absolute Gasteiger partial charge is 0.307 e. The van der Waals surface area contributed by atoms with Crippen LogP contribution in [0.15, 0.2) is 0 Å². The molecule has 0 radical (unpaired) electrons. The number of rotatable bonds is 6. The lowest BCUT2D eigenvalue weighted by Gasteiger charge is -2.29. The van der Waals surface area contributed by atoms with E-state index in [1.165, 1.54) is 12.8 Å². The number of hydrogen-bond donors (Lipinski definition) is 0. The molecule has 3 nitrogen and oxygen atoms in total. The molecular formula is C13H25NO2. The zero-order chi connectivity index (χ0) is 11.8. The normalized spacial score (nSPS) is 18.6. The minimum Gasteiger partial charge on any atom is -0.466 e. The van der Waals surface area contributed by atoms with Crippen molar-refractivity contribution < 1.29 is 9.53 Å². The van der Waals surface area contributed by atoms with E-state index in [1.54, 1.807) is 0 Å². The molecule has 1 rings (SSSR count). The monoisotopic (exact) mass is 227 g/mol. The van der Waals surface area contributed by atoms with Crippen LogP contribution >= 0.6 is 0 Å². The number of carbonyl (C=O) groups is 1. The van der Waals surface area contributed by atoms with E-state index in [-0.39, 0.29) is 5.97 Å². The van der Waals surface area contributed by atoms with E-state index in [2.05, 4.69) is 18.7 Å². The van der Waals surface area contributed by atoms with E-state index in [1.807, 2.05) is 0 Å². The highest BCUT2D eigenvalue weighted by Gasteiger charge is 2.16. The average Bonchev–Trinajstić information content (AvgIpc) is 2.29. The van der Waals surface area contributed by atoms with Gasteiger partial charge in [0.05, 0.1) is 13.0 Å². The van der Waals surface area contributed by atoms with Crippen LogP contribution in [0.4, 0.5) is 0 Å². The Kier molecular flexibility index (Phi) is 6.46. The SMILES string of the molecule is CCCCOC(=O)CCN1CCC(C)CC1. The highest BCUT2D eigenvalue weighted by atomic mass is 16.5. The molecule has 1 saturated heterocycles. The molecule has 0 aromatic carbocycles. The second-order valence-corrected chi connectivity index (χ2v) is 4.85. The summed E-state index contributed by atoms with van der Waals surface area (Å²) in [5.74, 6) is 0.819. The molecular weight excluding hydrogens is 202 g/mol. The van der Waals surface area contributed by atoms with Crippen LogP contribution in [-0.2, 0) is 9.53 Å². The summed E-state index contributed by atoms with van der Waals surface area (Å²) in [6, 6.07) is 0. The Labute approximate surface area is 99.1 Å². The Morgan fingerprint density at radius 1 is 1.38 bits per heavy atom. The first-order chi connectivity index (χ1) is 7.72. The minimum atomic E-state index is -0.0351. The third-order valence-corrected chi connectivity index (χ3v) is 3.27. The molecule has 0 unspecified atom stereocenters. The molecule has 94 valence electrons. The van der Waals surface area contributed by atoms with Gasteiger partial charge in [-0.1, -0.05) is 20.3 Å². The van der Waals surface area contributed by atoms with Crippen LogP contribution in [0, 0.1) is 5.92 Å². The van der Waals surface area contributed by atoms with Crippen LogP contribution in [0.3, 0.4) is 0 Å². The highest BCUT2D eigenvalue weighted by Crippen LogP contribution is 2.15. The maximum Gasteiger partial charge on any atom is 0.307 e. The largest absolute Gasteiger partial charge is 0.466 e. The Balaban J connectivity index is 2.03.